The lowest BCUT2D eigenvalue weighted by Gasteiger charge is -2.35. The van der Waals surface area contributed by atoms with Gasteiger partial charge in [0.1, 0.15) is 0 Å². The lowest BCUT2D eigenvalue weighted by molar-refractivity contribution is 0.0877. The number of hydrogen-bond donors (Lipinski definition) is 0. The second-order valence-corrected chi connectivity index (χ2v) is 10.2. The third kappa shape index (κ3) is 3.07. The lowest BCUT2D eigenvalue weighted by Crippen LogP contribution is -2.33. The van der Waals surface area contributed by atoms with Crippen molar-refractivity contribution in [1.82, 2.24) is 9.47 Å². The Bertz CT molecular complexity index is 1450. The summed E-state index contributed by atoms with van der Waals surface area (Å²) in [5.41, 5.74) is 7.10. The van der Waals surface area contributed by atoms with Gasteiger partial charge in [0.25, 0.3) is 0 Å². The maximum Gasteiger partial charge on any atom is 0.232 e. The van der Waals surface area contributed by atoms with E-state index in [0.29, 0.717) is 17.9 Å². The van der Waals surface area contributed by atoms with Crippen LogP contribution in [0.3, 0.4) is 0 Å². The zero-order chi connectivity index (χ0) is 23.6. The predicted molar refractivity (Wildman–Crippen MR) is 135 cm³/mol. The summed E-state index contributed by atoms with van der Waals surface area (Å²) in [5, 5.41) is 2.26. The molecule has 174 valence electrons. The molecule has 0 radical (unpaired) electrons. The molecule has 34 heavy (non-hydrogen) atoms. The van der Waals surface area contributed by atoms with Gasteiger partial charge >= 0.3 is 0 Å². The lowest BCUT2D eigenvalue weighted by atomic mass is 9.76. The van der Waals surface area contributed by atoms with Crippen molar-refractivity contribution in [3.63, 3.8) is 0 Å². The molecule has 2 aliphatic heterocycles. The second kappa shape index (κ2) is 7.60. The number of carbonyl (C=O) groups is 1. The first-order valence-corrected chi connectivity index (χ1v) is 12.0. The highest BCUT2D eigenvalue weighted by molar-refractivity contribution is 6.18. The van der Waals surface area contributed by atoms with Gasteiger partial charge in [-0.25, -0.2) is 0 Å². The van der Waals surface area contributed by atoms with Gasteiger partial charge in [0.2, 0.25) is 5.91 Å². The molecule has 0 fully saturated rings. The molecule has 6 rings (SSSR count). The van der Waals surface area contributed by atoms with Gasteiger partial charge in [0, 0.05) is 48.3 Å². The molecule has 0 aliphatic carbocycles. The van der Waals surface area contributed by atoms with E-state index in [1.807, 2.05) is 10.6 Å². The Morgan fingerprint density at radius 3 is 2.47 bits per heavy atom. The third-order valence-electron chi connectivity index (χ3n) is 7.64. The van der Waals surface area contributed by atoms with Crippen molar-refractivity contribution in [2.75, 3.05) is 20.8 Å². The smallest absolute Gasteiger partial charge is 0.232 e. The number of nitrogens with zero attached hydrogens (tertiary/aromatic N) is 2. The molecule has 0 saturated heterocycles. The number of rotatable bonds is 4. The van der Waals surface area contributed by atoms with Crippen molar-refractivity contribution in [2.24, 2.45) is 0 Å². The molecule has 0 unspecified atom stereocenters. The minimum Gasteiger partial charge on any atom is -0.493 e. The molecular weight excluding hydrogens is 424 g/mol. The third-order valence-corrected chi connectivity index (χ3v) is 7.64. The van der Waals surface area contributed by atoms with Crippen LogP contribution >= 0.6 is 0 Å². The van der Waals surface area contributed by atoms with Crippen molar-refractivity contribution in [3.05, 3.63) is 70.8 Å². The Labute approximate surface area is 199 Å². The molecule has 0 N–H and O–H groups in total. The number of hydrogen-bond acceptors (Lipinski definition) is 4. The summed E-state index contributed by atoms with van der Waals surface area (Å²) in [4.78, 5) is 16.0. The summed E-state index contributed by atoms with van der Waals surface area (Å²) >= 11 is 0. The molecule has 0 spiro atoms. The van der Waals surface area contributed by atoms with Crippen LogP contribution in [0.15, 0.2) is 48.5 Å². The highest BCUT2D eigenvalue weighted by atomic mass is 16.5. The summed E-state index contributed by atoms with van der Waals surface area (Å²) in [7, 11) is 3.31. The fraction of sp³-hybridized carbons (Fsp3) is 0.345. The van der Waals surface area contributed by atoms with E-state index in [-0.39, 0.29) is 11.3 Å². The first-order valence-electron chi connectivity index (χ1n) is 12.0. The topological polar surface area (TPSA) is 43.7 Å². The molecule has 4 aromatic rings. The highest BCUT2D eigenvalue weighted by Crippen LogP contribution is 2.47. The first kappa shape index (κ1) is 21.2. The largest absolute Gasteiger partial charge is 0.493 e. The van der Waals surface area contributed by atoms with Crippen LogP contribution in [0.4, 0.5) is 0 Å². The summed E-state index contributed by atoms with van der Waals surface area (Å²) in [5.74, 6) is 1.48. The first-order chi connectivity index (χ1) is 16.4. The average Bonchev–Trinajstić information content (AvgIpc) is 3.17. The van der Waals surface area contributed by atoms with Gasteiger partial charge in [-0.05, 0) is 34.7 Å². The Hall–Kier alpha value is -3.31. The Kier molecular flexibility index (Phi) is 4.75. The van der Waals surface area contributed by atoms with Gasteiger partial charge in [-0.2, -0.15) is 0 Å². The molecule has 0 atom stereocenters. The summed E-state index contributed by atoms with van der Waals surface area (Å²) in [6, 6.07) is 17.0. The van der Waals surface area contributed by atoms with Crippen LogP contribution in [0.1, 0.15) is 47.3 Å². The fourth-order valence-electron chi connectivity index (χ4n) is 5.95. The second-order valence-electron chi connectivity index (χ2n) is 10.2. The van der Waals surface area contributed by atoms with Crippen molar-refractivity contribution in [3.8, 4) is 11.5 Å². The van der Waals surface area contributed by atoms with Crippen LogP contribution in [0, 0.1) is 0 Å². The molecule has 3 aromatic carbocycles. The van der Waals surface area contributed by atoms with Gasteiger partial charge in [-0.1, -0.05) is 50.2 Å². The Balaban J connectivity index is 1.63. The number of ether oxygens (including phenoxy) is 2. The SMILES string of the molecule is COc1cc2c3c4c(cc5c3n(c2cc1OC)C(=O)CC5(C)C)CCN(Cc1ccccc1)C4. The Morgan fingerprint density at radius 1 is 1.00 bits per heavy atom. The van der Waals surface area contributed by atoms with Crippen LogP contribution in [0.25, 0.3) is 21.8 Å². The van der Waals surface area contributed by atoms with Crippen molar-refractivity contribution in [2.45, 2.75) is 45.2 Å². The quantitative estimate of drug-likeness (QED) is 0.397. The van der Waals surface area contributed by atoms with Crippen LogP contribution in [0.5, 0.6) is 11.5 Å². The molecule has 5 heteroatoms. The van der Waals surface area contributed by atoms with E-state index in [4.69, 9.17) is 9.47 Å². The monoisotopic (exact) mass is 454 g/mol. The normalized spacial score (nSPS) is 17.2. The molecular formula is C29H30N2O3. The molecule has 1 aromatic heterocycles. The van der Waals surface area contributed by atoms with E-state index in [1.165, 1.54) is 27.6 Å². The Morgan fingerprint density at radius 2 is 1.74 bits per heavy atom. The van der Waals surface area contributed by atoms with Crippen molar-refractivity contribution < 1.29 is 14.3 Å². The van der Waals surface area contributed by atoms with Crippen LogP contribution in [-0.2, 0) is 24.9 Å². The van der Waals surface area contributed by atoms with Gasteiger partial charge in [-0.3, -0.25) is 14.3 Å². The maximum atomic E-state index is 13.5. The van der Waals surface area contributed by atoms with Crippen LogP contribution in [-0.4, -0.2) is 36.1 Å². The van der Waals surface area contributed by atoms with Crippen LogP contribution in [0.2, 0.25) is 0 Å². The van der Waals surface area contributed by atoms with Crippen molar-refractivity contribution >= 4 is 27.7 Å². The number of fused-ring (bicyclic) bond motifs is 5. The van der Waals surface area contributed by atoms with Gasteiger partial charge in [0.05, 0.1) is 25.3 Å². The molecule has 0 bridgehead atoms. The number of aromatic nitrogens is 1. The predicted octanol–water partition coefficient (Wildman–Crippen LogP) is 5.69. The van der Waals surface area contributed by atoms with E-state index in [0.717, 1.165) is 42.5 Å². The molecule has 5 nitrogen and oxygen atoms in total. The van der Waals surface area contributed by atoms with E-state index < -0.39 is 0 Å². The maximum absolute atomic E-state index is 13.5. The zero-order valence-corrected chi connectivity index (χ0v) is 20.3. The van der Waals surface area contributed by atoms with Gasteiger partial charge in [0.15, 0.2) is 11.5 Å². The number of benzene rings is 3. The standard InChI is InChI=1S/C29H30N2O3/c1-29(2)15-26(32)31-23-14-25(34-4)24(33-3)13-20(23)27-21-17-30(16-18-8-6-5-7-9-18)11-10-19(21)12-22(29)28(27)31/h5-9,12-14H,10-11,15-17H2,1-4H3. The van der Waals surface area contributed by atoms with Crippen LogP contribution < -0.4 is 9.47 Å². The molecule has 0 saturated carbocycles. The van der Waals surface area contributed by atoms with E-state index in [1.54, 1.807) is 14.2 Å². The molecule has 3 heterocycles. The van der Waals surface area contributed by atoms with E-state index in [2.05, 4.69) is 61.2 Å². The highest BCUT2D eigenvalue weighted by Gasteiger charge is 2.38. The fourth-order valence-corrected chi connectivity index (χ4v) is 5.95. The van der Waals surface area contributed by atoms with Gasteiger partial charge < -0.3 is 9.47 Å². The van der Waals surface area contributed by atoms with Gasteiger partial charge in [-0.15, -0.1) is 0 Å². The molecule has 2 aliphatic rings. The summed E-state index contributed by atoms with van der Waals surface area (Å²) < 4.78 is 13.2. The summed E-state index contributed by atoms with van der Waals surface area (Å²) in [6.45, 7) is 7.20. The summed E-state index contributed by atoms with van der Waals surface area (Å²) in [6.07, 6.45) is 1.50. The molecule has 0 amide bonds. The minimum absolute atomic E-state index is 0.140. The minimum atomic E-state index is -0.204. The average molecular weight is 455 g/mol. The van der Waals surface area contributed by atoms with E-state index >= 15 is 0 Å². The van der Waals surface area contributed by atoms with E-state index in [9.17, 15) is 4.79 Å². The number of carbonyl (C=O) groups excluding carboxylic acids is 1. The number of methoxy groups -OCH3 is 2. The zero-order valence-electron chi connectivity index (χ0n) is 20.3. The van der Waals surface area contributed by atoms with Crippen molar-refractivity contribution in [1.29, 1.82) is 0 Å².